The van der Waals surface area contributed by atoms with Gasteiger partial charge < -0.3 is 15.7 Å². The predicted octanol–water partition coefficient (Wildman–Crippen LogP) is 4.80. The van der Waals surface area contributed by atoms with E-state index in [1.807, 2.05) is 5.32 Å². The van der Waals surface area contributed by atoms with Crippen molar-refractivity contribution in [1.82, 2.24) is 5.32 Å². The summed E-state index contributed by atoms with van der Waals surface area (Å²) in [6.07, 6.45) is -5.29. The molecule has 0 aliphatic rings. The second-order valence-corrected chi connectivity index (χ2v) is 7.50. The average molecular weight is 510 g/mol. The third-order valence-corrected chi connectivity index (χ3v) is 4.98. The maximum Gasteiger partial charge on any atom is 0.417 e. The number of aliphatic carboxylic acids is 1. The van der Waals surface area contributed by atoms with E-state index in [4.69, 9.17) is 0 Å². The van der Waals surface area contributed by atoms with Gasteiger partial charge in [0.25, 0.3) is 11.8 Å². The number of nitrogens with one attached hydrogen (secondary N) is 2. The molecule has 0 aliphatic carbocycles. The lowest BCUT2D eigenvalue weighted by atomic mass is 10.0. The Morgan fingerprint density at radius 3 is 2.03 bits per heavy atom. The monoisotopic (exact) mass is 510 g/mol. The van der Waals surface area contributed by atoms with Crippen LogP contribution in [0.3, 0.4) is 0 Å². The minimum atomic E-state index is -4.97. The van der Waals surface area contributed by atoms with Gasteiger partial charge in [-0.3, -0.25) is 9.59 Å². The highest BCUT2D eigenvalue weighted by atomic mass is 19.4. The standard InChI is InChI=1S/C24H16F6N2O4/c25-13-6-9-15(16(11-13)24(28,29)30)21(33)31-14-7-4-12(5-8-14)10-19(23(35)36)32-22(34)20-17(26)2-1-3-18(20)27/h1-9,11,19H,10H2,(H,31,33)(H,32,34)(H,35,36). The van der Waals surface area contributed by atoms with Gasteiger partial charge in [-0.1, -0.05) is 18.2 Å². The first-order valence-corrected chi connectivity index (χ1v) is 10.1. The summed E-state index contributed by atoms with van der Waals surface area (Å²) in [4.78, 5) is 36.1. The minimum absolute atomic E-state index is 0.0468. The summed E-state index contributed by atoms with van der Waals surface area (Å²) < 4.78 is 80.3. The average Bonchev–Trinajstić information content (AvgIpc) is 2.79. The van der Waals surface area contributed by atoms with Crippen LogP contribution in [0, 0.1) is 17.5 Å². The topological polar surface area (TPSA) is 95.5 Å². The fourth-order valence-electron chi connectivity index (χ4n) is 3.25. The molecule has 0 heterocycles. The fourth-order valence-corrected chi connectivity index (χ4v) is 3.25. The van der Waals surface area contributed by atoms with Crippen molar-refractivity contribution >= 4 is 23.5 Å². The number of rotatable bonds is 7. The van der Waals surface area contributed by atoms with E-state index in [0.717, 1.165) is 18.2 Å². The number of benzene rings is 3. The molecule has 1 atom stereocenters. The van der Waals surface area contributed by atoms with Crippen molar-refractivity contribution in [3.05, 3.63) is 100 Å². The van der Waals surface area contributed by atoms with E-state index < -0.39 is 64.1 Å². The van der Waals surface area contributed by atoms with E-state index in [1.54, 1.807) is 0 Å². The van der Waals surface area contributed by atoms with Gasteiger partial charge in [0.15, 0.2) is 0 Å². The van der Waals surface area contributed by atoms with Crippen LogP contribution in [0.15, 0.2) is 60.7 Å². The molecule has 2 amide bonds. The molecule has 0 fully saturated rings. The van der Waals surface area contributed by atoms with E-state index in [-0.39, 0.29) is 18.2 Å². The molecule has 3 rings (SSSR count). The number of carbonyl (C=O) groups is 3. The maximum atomic E-state index is 13.8. The van der Waals surface area contributed by atoms with Gasteiger partial charge in [0.2, 0.25) is 0 Å². The van der Waals surface area contributed by atoms with Crippen LogP contribution < -0.4 is 10.6 Å². The van der Waals surface area contributed by atoms with Crippen molar-refractivity contribution in [2.45, 2.75) is 18.6 Å². The van der Waals surface area contributed by atoms with Gasteiger partial charge >= 0.3 is 12.1 Å². The second kappa shape index (κ2) is 10.5. The number of hydrogen-bond acceptors (Lipinski definition) is 3. The number of hydrogen-bond donors (Lipinski definition) is 3. The molecule has 0 spiro atoms. The van der Waals surface area contributed by atoms with Crippen LogP contribution in [0.5, 0.6) is 0 Å². The largest absolute Gasteiger partial charge is 0.480 e. The van der Waals surface area contributed by atoms with Gasteiger partial charge in [-0.25, -0.2) is 18.0 Å². The Morgan fingerprint density at radius 1 is 0.861 bits per heavy atom. The number of alkyl halides is 3. The first-order valence-electron chi connectivity index (χ1n) is 10.1. The Morgan fingerprint density at radius 2 is 1.47 bits per heavy atom. The molecule has 3 aromatic rings. The summed E-state index contributed by atoms with van der Waals surface area (Å²) in [6, 6.07) is 7.93. The molecule has 3 N–H and O–H groups in total. The summed E-state index contributed by atoms with van der Waals surface area (Å²) in [5.41, 5.74) is -2.84. The Hall–Kier alpha value is -4.35. The van der Waals surface area contributed by atoms with Crippen LogP contribution in [0.2, 0.25) is 0 Å². The third kappa shape index (κ3) is 6.20. The molecule has 1 unspecified atom stereocenters. The highest BCUT2D eigenvalue weighted by Crippen LogP contribution is 2.33. The number of anilines is 1. The summed E-state index contributed by atoms with van der Waals surface area (Å²) >= 11 is 0. The van der Waals surface area contributed by atoms with Gasteiger partial charge in [-0.05, 0) is 48.0 Å². The molecule has 6 nitrogen and oxygen atoms in total. The zero-order valence-electron chi connectivity index (χ0n) is 18.0. The molecule has 36 heavy (non-hydrogen) atoms. The van der Waals surface area contributed by atoms with Crippen LogP contribution in [0.4, 0.5) is 32.0 Å². The van der Waals surface area contributed by atoms with Crippen molar-refractivity contribution in [1.29, 1.82) is 0 Å². The quantitative estimate of drug-likeness (QED) is 0.398. The predicted molar refractivity (Wildman–Crippen MR) is 115 cm³/mol. The first kappa shape index (κ1) is 26.3. The summed E-state index contributed by atoms with van der Waals surface area (Å²) in [5.74, 6) is -7.44. The van der Waals surface area contributed by atoms with E-state index in [9.17, 15) is 45.8 Å². The van der Waals surface area contributed by atoms with Crippen LogP contribution in [0.25, 0.3) is 0 Å². The van der Waals surface area contributed by atoms with Crippen molar-refractivity contribution in [2.24, 2.45) is 0 Å². The van der Waals surface area contributed by atoms with E-state index in [1.165, 1.54) is 24.3 Å². The molecular formula is C24H16F6N2O4. The maximum absolute atomic E-state index is 13.8. The van der Waals surface area contributed by atoms with Gasteiger partial charge in [-0.2, -0.15) is 13.2 Å². The Labute approximate surface area is 199 Å². The van der Waals surface area contributed by atoms with Crippen LogP contribution in [-0.2, 0) is 17.4 Å². The van der Waals surface area contributed by atoms with Crippen LogP contribution >= 0.6 is 0 Å². The fraction of sp³-hybridized carbons (Fsp3) is 0.125. The van der Waals surface area contributed by atoms with E-state index >= 15 is 0 Å². The molecule has 0 bridgehead atoms. The van der Waals surface area contributed by atoms with Crippen LogP contribution in [0.1, 0.15) is 31.8 Å². The number of amides is 2. The minimum Gasteiger partial charge on any atom is -0.480 e. The first-order chi connectivity index (χ1) is 16.9. The van der Waals surface area contributed by atoms with Gasteiger partial charge in [-0.15, -0.1) is 0 Å². The normalized spacial score (nSPS) is 12.1. The van der Waals surface area contributed by atoms with Gasteiger partial charge in [0.05, 0.1) is 11.1 Å². The molecular weight excluding hydrogens is 494 g/mol. The van der Waals surface area contributed by atoms with Crippen molar-refractivity contribution < 1.29 is 45.8 Å². The highest BCUT2D eigenvalue weighted by Gasteiger charge is 2.35. The van der Waals surface area contributed by atoms with E-state index in [2.05, 4.69) is 5.32 Å². The Bertz CT molecular complexity index is 1290. The Balaban J connectivity index is 1.72. The molecule has 0 aromatic heterocycles. The lowest BCUT2D eigenvalue weighted by molar-refractivity contribution is -0.139. The third-order valence-electron chi connectivity index (χ3n) is 4.98. The van der Waals surface area contributed by atoms with Crippen molar-refractivity contribution in [3.8, 4) is 0 Å². The smallest absolute Gasteiger partial charge is 0.417 e. The lowest BCUT2D eigenvalue weighted by Gasteiger charge is -2.16. The summed E-state index contributed by atoms with van der Waals surface area (Å²) in [6.45, 7) is 0. The zero-order valence-corrected chi connectivity index (χ0v) is 18.0. The SMILES string of the molecule is O=C(Nc1ccc(CC(NC(=O)c2c(F)cccc2F)C(=O)O)cc1)c1ccc(F)cc1C(F)(F)F. The molecule has 0 radical (unpaired) electrons. The van der Waals surface area contributed by atoms with E-state index in [0.29, 0.717) is 17.7 Å². The molecule has 12 heteroatoms. The number of carboxylic acids is 1. The van der Waals surface area contributed by atoms with Crippen molar-refractivity contribution in [2.75, 3.05) is 5.32 Å². The van der Waals surface area contributed by atoms with Crippen LogP contribution in [-0.4, -0.2) is 28.9 Å². The van der Waals surface area contributed by atoms with Crippen molar-refractivity contribution in [3.63, 3.8) is 0 Å². The molecule has 188 valence electrons. The molecule has 0 saturated carbocycles. The molecule has 3 aromatic carbocycles. The number of halogens is 6. The Kier molecular flexibility index (Phi) is 7.66. The zero-order chi connectivity index (χ0) is 26.6. The molecule has 0 aliphatic heterocycles. The second-order valence-electron chi connectivity index (χ2n) is 7.50. The van der Waals surface area contributed by atoms with Gasteiger partial charge in [0, 0.05) is 12.1 Å². The van der Waals surface area contributed by atoms with Gasteiger partial charge in [0.1, 0.15) is 29.1 Å². The summed E-state index contributed by atoms with van der Waals surface area (Å²) in [7, 11) is 0. The lowest BCUT2D eigenvalue weighted by Crippen LogP contribution is -2.42. The number of carbonyl (C=O) groups excluding carboxylic acids is 2. The number of carboxylic acid groups (broad SMARTS) is 1. The molecule has 0 saturated heterocycles. The summed E-state index contributed by atoms with van der Waals surface area (Å²) in [5, 5.41) is 13.7. The highest BCUT2D eigenvalue weighted by molar-refractivity contribution is 6.05.